The first-order chi connectivity index (χ1) is 8.95. The van der Waals surface area contributed by atoms with E-state index in [0.717, 1.165) is 10.4 Å². The van der Waals surface area contributed by atoms with Crippen LogP contribution in [0.3, 0.4) is 0 Å². The van der Waals surface area contributed by atoms with Crippen LogP contribution in [0.2, 0.25) is 0 Å². The first-order valence-electron chi connectivity index (χ1n) is 6.04. The number of carbonyl (C=O) groups excluding carboxylic acids is 1. The molecule has 104 valence electrons. The minimum atomic E-state index is -0.149. The second kappa shape index (κ2) is 7.29. The number of carbonyl (C=O) groups is 1. The molecule has 1 atom stereocenters. The second-order valence-electron chi connectivity index (χ2n) is 4.59. The molecular formula is C14H20N2O2S. The quantitative estimate of drug-likeness (QED) is 0.837. The van der Waals surface area contributed by atoms with E-state index in [1.54, 1.807) is 30.3 Å². The summed E-state index contributed by atoms with van der Waals surface area (Å²) < 4.78 is 0. The molecule has 1 unspecified atom stereocenters. The first kappa shape index (κ1) is 15.7. The summed E-state index contributed by atoms with van der Waals surface area (Å²) in [7, 11) is 5.46. The number of amides is 1. The van der Waals surface area contributed by atoms with Gasteiger partial charge in [-0.25, -0.2) is 0 Å². The van der Waals surface area contributed by atoms with Gasteiger partial charge in [-0.3, -0.25) is 9.69 Å². The molecule has 0 saturated carbocycles. The van der Waals surface area contributed by atoms with Gasteiger partial charge in [-0.2, -0.15) is 0 Å². The molecular weight excluding hydrogens is 260 g/mol. The summed E-state index contributed by atoms with van der Waals surface area (Å²) in [5, 5.41) is 10.6. The van der Waals surface area contributed by atoms with E-state index >= 15 is 0 Å². The molecule has 0 aliphatic heterocycles. The van der Waals surface area contributed by atoms with Crippen LogP contribution in [0, 0.1) is 11.8 Å². The van der Waals surface area contributed by atoms with Crippen molar-refractivity contribution in [3.63, 3.8) is 0 Å². The second-order valence-corrected chi connectivity index (χ2v) is 5.58. The Morgan fingerprint density at radius 1 is 1.47 bits per heavy atom. The van der Waals surface area contributed by atoms with E-state index in [0.29, 0.717) is 6.54 Å². The summed E-state index contributed by atoms with van der Waals surface area (Å²) in [6, 6.07) is 1.85. The van der Waals surface area contributed by atoms with Crippen LogP contribution in [0.25, 0.3) is 0 Å². The molecule has 4 nitrogen and oxygen atoms in total. The molecule has 0 spiro atoms. The monoisotopic (exact) mass is 280 g/mol. The average Bonchev–Trinajstić information content (AvgIpc) is 2.81. The van der Waals surface area contributed by atoms with Crippen LogP contribution in [-0.4, -0.2) is 54.6 Å². The molecule has 1 aromatic heterocycles. The third-order valence-corrected chi connectivity index (χ3v) is 3.75. The number of aliphatic hydroxyl groups excluding tert-OH is 1. The number of thiophene rings is 1. The van der Waals surface area contributed by atoms with Crippen molar-refractivity contribution in [2.24, 2.45) is 0 Å². The van der Waals surface area contributed by atoms with Crippen LogP contribution < -0.4 is 0 Å². The third kappa shape index (κ3) is 4.67. The molecule has 0 aliphatic carbocycles. The van der Waals surface area contributed by atoms with Crippen molar-refractivity contribution in [3.8, 4) is 11.8 Å². The highest BCUT2D eigenvalue weighted by molar-refractivity contribution is 7.10. The minimum absolute atomic E-state index is 0.0966. The normalized spacial score (nSPS) is 11.9. The maximum Gasteiger partial charge on any atom is 0.239 e. The summed E-state index contributed by atoms with van der Waals surface area (Å²) in [5.74, 6) is 5.60. The maximum absolute atomic E-state index is 11.9. The summed E-state index contributed by atoms with van der Waals surface area (Å²) in [6.45, 7) is 2.49. The molecule has 5 heteroatoms. The van der Waals surface area contributed by atoms with E-state index in [4.69, 9.17) is 5.11 Å². The third-order valence-electron chi connectivity index (χ3n) is 2.83. The van der Waals surface area contributed by atoms with Gasteiger partial charge in [0.05, 0.1) is 6.04 Å². The summed E-state index contributed by atoms with van der Waals surface area (Å²) in [5.41, 5.74) is 0.911. The Balaban J connectivity index is 2.64. The molecule has 1 rings (SSSR count). The van der Waals surface area contributed by atoms with Crippen molar-refractivity contribution in [1.29, 1.82) is 0 Å². The lowest BCUT2D eigenvalue weighted by Crippen LogP contribution is -2.42. The van der Waals surface area contributed by atoms with Crippen molar-refractivity contribution < 1.29 is 9.90 Å². The molecule has 1 heterocycles. The number of likely N-dealkylation sites (N-methyl/N-ethyl adjacent to an activating group) is 2. The number of rotatable bonds is 4. The Hall–Kier alpha value is -1.35. The molecule has 0 radical (unpaired) electrons. The smallest absolute Gasteiger partial charge is 0.239 e. The van der Waals surface area contributed by atoms with E-state index in [2.05, 4.69) is 11.8 Å². The predicted molar refractivity (Wildman–Crippen MR) is 77.9 cm³/mol. The van der Waals surface area contributed by atoms with E-state index < -0.39 is 0 Å². The Kier molecular flexibility index (Phi) is 6.03. The van der Waals surface area contributed by atoms with Gasteiger partial charge in [0.2, 0.25) is 5.91 Å². The lowest BCUT2D eigenvalue weighted by atomic mass is 10.2. The summed E-state index contributed by atoms with van der Waals surface area (Å²) >= 11 is 1.62. The van der Waals surface area contributed by atoms with Crippen molar-refractivity contribution in [1.82, 2.24) is 9.80 Å². The Labute approximate surface area is 118 Å². The molecule has 0 aliphatic rings. The van der Waals surface area contributed by atoms with Crippen LogP contribution in [0.5, 0.6) is 0 Å². The van der Waals surface area contributed by atoms with Crippen LogP contribution >= 0.6 is 11.3 Å². The number of hydrogen-bond acceptors (Lipinski definition) is 4. The average molecular weight is 280 g/mol. The molecule has 0 fully saturated rings. The predicted octanol–water partition coefficient (Wildman–Crippen LogP) is 1.00. The fraction of sp³-hybridized carbons (Fsp3) is 0.500. The minimum Gasteiger partial charge on any atom is -0.384 e. The first-order valence-corrected chi connectivity index (χ1v) is 6.92. The molecule has 19 heavy (non-hydrogen) atoms. The topological polar surface area (TPSA) is 43.8 Å². The van der Waals surface area contributed by atoms with Gasteiger partial charge in [0.15, 0.2) is 0 Å². The number of aliphatic hydroxyl groups is 1. The summed E-state index contributed by atoms with van der Waals surface area (Å²) in [6.07, 6.45) is 0. The van der Waals surface area contributed by atoms with Gasteiger partial charge in [0.25, 0.3) is 0 Å². The molecule has 0 bridgehead atoms. The van der Waals surface area contributed by atoms with E-state index in [1.807, 2.05) is 30.3 Å². The molecule has 0 aromatic carbocycles. The highest BCUT2D eigenvalue weighted by atomic mass is 32.1. The zero-order valence-corrected chi connectivity index (χ0v) is 12.6. The number of nitrogens with zero attached hydrogens (tertiary/aromatic N) is 2. The van der Waals surface area contributed by atoms with Crippen LogP contribution in [-0.2, 0) is 11.3 Å². The lowest BCUT2D eigenvalue weighted by Gasteiger charge is -2.25. The maximum atomic E-state index is 11.9. The highest BCUT2D eigenvalue weighted by Crippen LogP contribution is 2.17. The van der Waals surface area contributed by atoms with Crippen LogP contribution in [0.1, 0.15) is 17.4 Å². The van der Waals surface area contributed by atoms with E-state index in [1.165, 1.54) is 0 Å². The van der Waals surface area contributed by atoms with Gasteiger partial charge in [-0.05, 0) is 20.0 Å². The van der Waals surface area contributed by atoms with Crippen molar-refractivity contribution >= 4 is 17.2 Å². The van der Waals surface area contributed by atoms with Crippen LogP contribution in [0.15, 0.2) is 11.4 Å². The van der Waals surface area contributed by atoms with Gasteiger partial charge >= 0.3 is 0 Å². The molecule has 1 N–H and O–H groups in total. The molecule has 0 saturated heterocycles. The summed E-state index contributed by atoms with van der Waals surface area (Å²) in [4.78, 5) is 16.6. The zero-order chi connectivity index (χ0) is 14.4. The fourth-order valence-corrected chi connectivity index (χ4v) is 2.49. The largest absolute Gasteiger partial charge is 0.384 e. The van der Waals surface area contributed by atoms with Crippen LogP contribution in [0.4, 0.5) is 0 Å². The Morgan fingerprint density at radius 2 is 2.16 bits per heavy atom. The van der Waals surface area contributed by atoms with E-state index in [9.17, 15) is 4.79 Å². The van der Waals surface area contributed by atoms with Gasteiger partial charge in [0.1, 0.15) is 6.61 Å². The highest BCUT2D eigenvalue weighted by Gasteiger charge is 2.19. The SMILES string of the molecule is CC(C(=O)N(C)C)N(C)Cc1cc(C#CCO)cs1. The van der Waals surface area contributed by atoms with Gasteiger partial charge in [0, 0.05) is 36.5 Å². The van der Waals surface area contributed by atoms with Crippen molar-refractivity contribution in [3.05, 3.63) is 21.9 Å². The van der Waals surface area contributed by atoms with Gasteiger partial charge in [-0.1, -0.05) is 11.8 Å². The molecule has 1 aromatic rings. The Morgan fingerprint density at radius 3 is 2.74 bits per heavy atom. The van der Waals surface area contributed by atoms with Crippen molar-refractivity contribution in [2.45, 2.75) is 19.5 Å². The standard InChI is InChI=1S/C14H20N2O2S/c1-11(14(18)15(2)3)16(4)9-13-8-12(10-19-13)6-5-7-17/h8,10-11,17H,7,9H2,1-4H3. The molecule has 1 amide bonds. The lowest BCUT2D eigenvalue weighted by molar-refractivity contribution is -0.133. The van der Waals surface area contributed by atoms with E-state index in [-0.39, 0.29) is 18.6 Å². The fourth-order valence-electron chi connectivity index (χ4n) is 1.62. The number of hydrogen-bond donors (Lipinski definition) is 1. The zero-order valence-electron chi connectivity index (χ0n) is 11.8. The van der Waals surface area contributed by atoms with Crippen molar-refractivity contribution in [2.75, 3.05) is 27.7 Å². The van der Waals surface area contributed by atoms with Gasteiger partial charge < -0.3 is 10.0 Å². The Bertz CT molecular complexity index is 485. The van der Waals surface area contributed by atoms with Gasteiger partial charge in [-0.15, -0.1) is 11.3 Å².